The largest absolute Gasteiger partial charge is 0.347 e. The Hall–Kier alpha value is -1.18. The highest BCUT2D eigenvalue weighted by Gasteiger charge is 2.18. The highest BCUT2D eigenvalue weighted by atomic mass is 32.2. The first-order valence-electron chi connectivity index (χ1n) is 5.04. The molecule has 0 spiro atoms. The maximum absolute atomic E-state index is 12.0. The van der Waals surface area contributed by atoms with Gasteiger partial charge >= 0.3 is 0 Å². The van der Waals surface area contributed by atoms with Crippen LogP contribution in [0.3, 0.4) is 0 Å². The Bertz CT molecular complexity index is 600. The van der Waals surface area contributed by atoms with E-state index < -0.39 is 10.0 Å². The van der Waals surface area contributed by atoms with Gasteiger partial charge in [-0.25, -0.2) is 18.1 Å². The van der Waals surface area contributed by atoms with Crippen LogP contribution in [0.5, 0.6) is 0 Å². The lowest BCUT2D eigenvalue weighted by molar-refractivity contribution is 0.579. The van der Waals surface area contributed by atoms with E-state index in [4.69, 9.17) is 0 Å². The topological polar surface area (TPSA) is 74.8 Å². The van der Waals surface area contributed by atoms with Gasteiger partial charge in [-0.2, -0.15) is 0 Å². The van der Waals surface area contributed by atoms with Gasteiger partial charge in [0.2, 0.25) is 10.0 Å². The van der Waals surface area contributed by atoms with Crippen LogP contribution in [-0.4, -0.2) is 18.4 Å². The first kappa shape index (κ1) is 12.3. The van der Waals surface area contributed by atoms with Gasteiger partial charge in [-0.1, -0.05) is 0 Å². The highest BCUT2D eigenvalue weighted by Crippen LogP contribution is 2.24. The molecule has 17 heavy (non-hydrogen) atoms. The SMILES string of the molecule is Cc1cc(S(=O)(=O)NCc2ncc[nH]2)c(C)s1. The fourth-order valence-electron chi connectivity index (χ4n) is 1.51. The monoisotopic (exact) mass is 271 g/mol. The van der Waals surface area contributed by atoms with Crippen LogP contribution in [0.4, 0.5) is 0 Å². The Morgan fingerprint density at radius 2 is 2.24 bits per heavy atom. The van der Waals surface area contributed by atoms with Gasteiger partial charge in [0, 0.05) is 22.1 Å². The van der Waals surface area contributed by atoms with E-state index in [9.17, 15) is 8.42 Å². The number of aryl methyl sites for hydroxylation is 2. The van der Waals surface area contributed by atoms with Crippen LogP contribution in [0, 0.1) is 13.8 Å². The van der Waals surface area contributed by atoms with Crippen molar-refractivity contribution in [1.29, 1.82) is 0 Å². The summed E-state index contributed by atoms with van der Waals surface area (Å²) in [5, 5.41) is 0. The normalized spacial score (nSPS) is 11.9. The van der Waals surface area contributed by atoms with Gasteiger partial charge in [-0.3, -0.25) is 0 Å². The highest BCUT2D eigenvalue weighted by molar-refractivity contribution is 7.89. The first-order chi connectivity index (χ1) is 7.99. The first-order valence-corrected chi connectivity index (χ1v) is 7.34. The number of imidazole rings is 1. The van der Waals surface area contributed by atoms with E-state index in [1.165, 1.54) is 11.3 Å². The summed E-state index contributed by atoms with van der Waals surface area (Å²) < 4.78 is 26.5. The number of nitrogens with one attached hydrogen (secondary N) is 2. The summed E-state index contributed by atoms with van der Waals surface area (Å²) in [6.45, 7) is 3.87. The van der Waals surface area contributed by atoms with Crippen LogP contribution >= 0.6 is 11.3 Å². The second kappa shape index (κ2) is 4.59. The zero-order valence-corrected chi connectivity index (χ0v) is 11.2. The smallest absolute Gasteiger partial charge is 0.242 e. The number of thiophene rings is 1. The van der Waals surface area contributed by atoms with Gasteiger partial charge < -0.3 is 4.98 Å². The molecule has 0 saturated heterocycles. The maximum Gasteiger partial charge on any atom is 0.242 e. The van der Waals surface area contributed by atoms with Gasteiger partial charge in [0.15, 0.2) is 0 Å². The predicted molar refractivity (Wildman–Crippen MR) is 66.4 cm³/mol. The number of hydrogen-bond donors (Lipinski definition) is 2. The van der Waals surface area contributed by atoms with Crippen molar-refractivity contribution < 1.29 is 8.42 Å². The molecule has 92 valence electrons. The zero-order chi connectivity index (χ0) is 12.5. The van der Waals surface area contributed by atoms with Crippen LogP contribution in [-0.2, 0) is 16.6 Å². The minimum atomic E-state index is -3.45. The quantitative estimate of drug-likeness (QED) is 0.886. The van der Waals surface area contributed by atoms with Crippen molar-refractivity contribution in [2.24, 2.45) is 0 Å². The zero-order valence-electron chi connectivity index (χ0n) is 9.52. The minimum Gasteiger partial charge on any atom is -0.347 e. The molecule has 0 radical (unpaired) electrons. The van der Waals surface area contributed by atoms with E-state index in [-0.39, 0.29) is 6.54 Å². The summed E-state index contributed by atoms with van der Waals surface area (Å²) in [4.78, 5) is 8.95. The van der Waals surface area contributed by atoms with Gasteiger partial charge in [-0.15, -0.1) is 11.3 Å². The van der Waals surface area contributed by atoms with Crippen molar-refractivity contribution in [2.45, 2.75) is 25.3 Å². The molecule has 0 bridgehead atoms. The molecule has 0 aliphatic carbocycles. The summed E-state index contributed by atoms with van der Waals surface area (Å²) in [6.07, 6.45) is 3.24. The fraction of sp³-hybridized carbons (Fsp3) is 0.300. The van der Waals surface area contributed by atoms with Crippen molar-refractivity contribution in [1.82, 2.24) is 14.7 Å². The number of H-pyrrole nitrogens is 1. The summed E-state index contributed by atoms with van der Waals surface area (Å²) in [5.74, 6) is 0.596. The number of sulfonamides is 1. The van der Waals surface area contributed by atoms with Crippen molar-refractivity contribution in [3.63, 3.8) is 0 Å². The summed E-state index contributed by atoms with van der Waals surface area (Å²) in [5.41, 5.74) is 0. The number of hydrogen-bond acceptors (Lipinski definition) is 4. The molecule has 0 aliphatic heterocycles. The summed E-state index contributed by atoms with van der Waals surface area (Å²) >= 11 is 1.48. The molecule has 7 heteroatoms. The predicted octanol–water partition coefficient (Wildman–Crippen LogP) is 1.57. The molecule has 5 nitrogen and oxygen atoms in total. The minimum absolute atomic E-state index is 0.170. The third-order valence-electron chi connectivity index (χ3n) is 2.27. The van der Waals surface area contributed by atoms with Gasteiger partial charge in [-0.05, 0) is 19.9 Å². The lowest BCUT2D eigenvalue weighted by Gasteiger charge is -2.04. The Labute approximate surface area is 104 Å². The molecule has 0 fully saturated rings. The van der Waals surface area contributed by atoms with E-state index in [0.717, 1.165) is 9.75 Å². The van der Waals surface area contributed by atoms with Gasteiger partial charge in [0.25, 0.3) is 0 Å². The lowest BCUT2D eigenvalue weighted by Crippen LogP contribution is -2.23. The standard InChI is InChI=1S/C10H13N3O2S2/c1-7-5-9(8(2)16-7)17(14,15)13-6-10-11-3-4-12-10/h3-5,13H,6H2,1-2H3,(H,11,12). The van der Waals surface area contributed by atoms with E-state index in [1.807, 2.05) is 6.92 Å². The molecule has 0 unspecified atom stereocenters. The molecule has 0 atom stereocenters. The molecule has 0 aliphatic rings. The molecule has 2 N–H and O–H groups in total. The van der Waals surface area contributed by atoms with Crippen LogP contribution in [0.25, 0.3) is 0 Å². The summed E-state index contributed by atoms with van der Waals surface area (Å²) in [6, 6.07) is 1.68. The van der Waals surface area contributed by atoms with Crippen LogP contribution < -0.4 is 4.72 Å². The third-order valence-corrected chi connectivity index (χ3v) is 4.89. The molecule has 2 rings (SSSR count). The fourth-order valence-corrected chi connectivity index (χ4v) is 4.05. The maximum atomic E-state index is 12.0. The Balaban J connectivity index is 2.17. The second-order valence-corrected chi connectivity index (χ2v) is 6.83. The molecular formula is C10H13N3O2S2. The van der Waals surface area contributed by atoms with E-state index in [2.05, 4.69) is 14.7 Å². The van der Waals surface area contributed by atoms with Crippen LogP contribution in [0.2, 0.25) is 0 Å². The van der Waals surface area contributed by atoms with Gasteiger partial charge in [0.05, 0.1) is 11.4 Å². The number of aromatic nitrogens is 2. The molecular weight excluding hydrogens is 258 g/mol. The summed E-state index contributed by atoms with van der Waals surface area (Å²) in [7, 11) is -3.45. The number of rotatable bonds is 4. The van der Waals surface area contributed by atoms with Crippen LogP contribution in [0.15, 0.2) is 23.4 Å². The van der Waals surface area contributed by atoms with Crippen LogP contribution in [0.1, 0.15) is 15.6 Å². The molecule has 0 aromatic carbocycles. The Morgan fingerprint density at radius 1 is 1.47 bits per heavy atom. The molecule has 2 aromatic heterocycles. The van der Waals surface area contributed by atoms with E-state index in [0.29, 0.717) is 10.7 Å². The Kier molecular flexibility index (Phi) is 3.32. The second-order valence-electron chi connectivity index (χ2n) is 3.64. The average Bonchev–Trinajstić information content (AvgIpc) is 2.85. The molecule has 2 heterocycles. The number of nitrogens with zero attached hydrogens (tertiary/aromatic N) is 1. The third kappa shape index (κ3) is 2.74. The molecule has 0 amide bonds. The average molecular weight is 271 g/mol. The number of aromatic amines is 1. The molecule has 0 saturated carbocycles. The van der Waals surface area contributed by atoms with Crippen molar-refractivity contribution in [3.05, 3.63) is 34.0 Å². The lowest BCUT2D eigenvalue weighted by atomic mass is 10.4. The molecule has 2 aromatic rings. The van der Waals surface area contributed by atoms with E-state index >= 15 is 0 Å². The van der Waals surface area contributed by atoms with Crippen molar-refractivity contribution in [3.8, 4) is 0 Å². The van der Waals surface area contributed by atoms with Gasteiger partial charge in [0.1, 0.15) is 5.82 Å². The van der Waals surface area contributed by atoms with Crippen molar-refractivity contribution in [2.75, 3.05) is 0 Å². The Morgan fingerprint density at radius 3 is 2.76 bits per heavy atom. The van der Waals surface area contributed by atoms with E-state index in [1.54, 1.807) is 25.4 Å². The van der Waals surface area contributed by atoms with Crippen molar-refractivity contribution >= 4 is 21.4 Å².